The van der Waals surface area contributed by atoms with E-state index in [2.05, 4.69) is 10.8 Å². The Morgan fingerprint density at radius 3 is 3.00 bits per heavy atom. The molecule has 0 aliphatic carbocycles. The number of ether oxygens (including phenoxy) is 1. The molecule has 0 atom stereocenters. The van der Waals surface area contributed by atoms with Crippen molar-refractivity contribution in [1.29, 1.82) is 0 Å². The van der Waals surface area contributed by atoms with Crippen LogP contribution in [-0.2, 0) is 13.0 Å². The van der Waals surface area contributed by atoms with Gasteiger partial charge >= 0.3 is 0 Å². The van der Waals surface area contributed by atoms with Crippen LogP contribution in [0.2, 0.25) is 5.02 Å². The molecule has 1 aliphatic rings. The first-order valence-corrected chi connectivity index (χ1v) is 6.73. The van der Waals surface area contributed by atoms with Crippen molar-refractivity contribution in [3.05, 3.63) is 39.0 Å². The third-order valence-electron chi connectivity index (χ3n) is 2.98. The van der Waals surface area contributed by atoms with Crippen LogP contribution in [-0.4, -0.2) is 11.7 Å². The fourth-order valence-electron chi connectivity index (χ4n) is 2.08. The number of thiophene rings is 1. The van der Waals surface area contributed by atoms with E-state index in [0.29, 0.717) is 11.6 Å². The Balaban J connectivity index is 2.24. The van der Waals surface area contributed by atoms with E-state index in [-0.39, 0.29) is 6.61 Å². The minimum absolute atomic E-state index is 0.0500. The average molecular weight is 267 g/mol. The third-order valence-corrected chi connectivity index (χ3v) is 4.12. The van der Waals surface area contributed by atoms with Crippen LogP contribution in [0.3, 0.4) is 0 Å². The van der Waals surface area contributed by atoms with Gasteiger partial charge in [0.05, 0.1) is 13.2 Å². The van der Waals surface area contributed by atoms with Gasteiger partial charge in [0.15, 0.2) is 0 Å². The first kappa shape index (κ1) is 11.1. The molecule has 4 heteroatoms. The topological polar surface area (TPSA) is 29.5 Å². The highest BCUT2D eigenvalue weighted by molar-refractivity contribution is 7.08. The van der Waals surface area contributed by atoms with Crippen molar-refractivity contribution in [3.8, 4) is 16.9 Å². The largest absolute Gasteiger partial charge is 0.493 e. The molecule has 0 spiro atoms. The van der Waals surface area contributed by atoms with Gasteiger partial charge in [0.25, 0.3) is 0 Å². The Labute approximate surface area is 108 Å². The van der Waals surface area contributed by atoms with Crippen LogP contribution in [0.25, 0.3) is 11.1 Å². The van der Waals surface area contributed by atoms with E-state index in [4.69, 9.17) is 16.3 Å². The summed E-state index contributed by atoms with van der Waals surface area (Å²) < 4.78 is 5.71. The Morgan fingerprint density at radius 2 is 2.18 bits per heavy atom. The number of benzene rings is 1. The van der Waals surface area contributed by atoms with Gasteiger partial charge in [0, 0.05) is 17.0 Å². The van der Waals surface area contributed by atoms with E-state index in [1.54, 1.807) is 17.4 Å². The second-order valence-corrected chi connectivity index (χ2v) is 5.16. The van der Waals surface area contributed by atoms with Gasteiger partial charge in [-0.15, -0.1) is 0 Å². The van der Waals surface area contributed by atoms with Gasteiger partial charge in [-0.3, -0.25) is 0 Å². The van der Waals surface area contributed by atoms with Gasteiger partial charge in [-0.05, 0) is 39.6 Å². The van der Waals surface area contributed by atoms with Crippen LogP contribution in [0.4, 0.5) is 0 Å². The summed E-state index contributed by atoms with van der Waals surface area (Å²) in [6.07, 6.45) is 0.916. The van der Waals surface area contributed by atoms with Crippen LogP contribution >= 0.6 is 22.9 Å². The second-order valence-electron chi connectivity index (χ2n) is 4.01. The Kier molecular flexibility index (Phi) is 2.82. The van der Waals surface area contributed by atoms with Crippen LogP contribution in [0.1, 0.15) is 11.1 Å². The van der Waals surface area contributed by atoms with Gasteiger partial charge in [-0.2, -0.15) is 11.3 Å². The van der Waals surface area contributed by atoms with Crippen molar-refractivity contribution in [1.82, 2.24) is 0 Å². The monoisotopic (exact) mass is 266 g/mol. The maximum absolute atomic E-state index is 9.27. The zero-order valence-electron chi connectivity index (χ0n) is 9.07. The van der Waals surface area contributed by atoms with Crippen molar-refractivity contribution in [2.75, 3.05) is 6.61 Å². The van der Waals surface area contributed by atoms with E-state index in [1.165, 1.54) is 11.1 Å². The molecule has 1 aromatic carbocycles. The number of fused-ring (bicyclic) bond motifs is 3. The van der Waals surface area contributed by atoms with E-state index in [9.17, 15) is 5.11 Å². The summed E-state index contributed by atoms with van der Waals surface area (Å²) in [5.74, 6) is 0.810. The number of aliphatic hydroxyl groups is 1. The molecule has 1 aromatic heterocycles. The molecule has 0 radical (unpaired) electrons. The van der Waals surface area contributed by atoms with Gasteiger partial charge in [-0.1, -0.05) is 11.6 Å². The van der Waals surface area contributed by atoms with Gasteiger partial charge in [-0.25, -0.2) is 0 Å². The molecule has 0 fully saturated rings. The minimum Gasteiger partial charge on any atom is -0.493 e. The van der Waals surface area contributed by atoms with Crippen LogP contribution in [0.15, 0.2) is 22.9 Å². The number of halogens is 1. The number of aliphatic hydroxyl groups excluding tert-OH is 1. The quantitative estimate of drug-likeness (QED) is 0.856. The maximum atomic E-state index is 9.27. The fourth-order valence-corrected chi connectivity index (χ4v) is 3.18. The summed E-state index contributed by atoms with van der Waals surface area (Å²) in [6, 6.07) is 3.73. The summed E-state index contributed by atoms with van der Waals surface area (Å²) in [4.78, 5) is 0. The van der Waals surface area contributed by atoms with E-state index in [1.807, 2.05) is 6.07 Å². The maximum Gasteiger partial charge on any atom is 0.128 e. The lowest BCUT2D eigenvalue weighted by atomic mass is 10.0. The van der Waals surface area contributed by atoms with Crippen molar-refractivity contribution >= 4 is 22.9 Å². The predicted molar refractivity (Wildman–Crippen MR) is 69.9 cm³/mol. The standard InChI is InChI=1S/C13H11ClO2S/c14-12-4-13-10(3-9(12)5-15)11-7-17-6-8(11)1-2-16-13/h3-4,6-7,15H,1-2,5H2. The summed E-state index contributed by atoms with van der Waals surface area (Å²) in [5.41, 5.74) is 4.29. The number of hydrogen-bond donors (Lipinski definition) is 1. The summed E-state index contributed by atoms with van der Waals surface area (Å²) >= 11 is 7.77. The van der Waals surface area contributed by atoms with Crippen molar-refractivity contribution < 1.29 is 9.84 Å². The molecule has 3 rings (SSSR count). The smallest absolute Gasteiger partial charge is 0.128 e. The molecule has 1 N–H and O–H groups in total. The van der Waals surface area contributed by atoms with Crippen LogP contribution in [0.5, 0.6) is 5.75 Å². The normalized spacial score (nSPS) is 13.5. The Bertz CT molecular complexity index is 563. The van der Waals surface area contributed by atoms with E-state index in [0.717, 1.165) is 23.3 Å². The molecule has 2 heterocycles. The first-order chi connectivity index (χ1) is 8.29. The van der Waals surface area contributed by atoms with Crippen molar-refractivity contribution in [3.63, 3.8) is 0 Å². The van der Waals surface area contributed by atoms with Gasteiger partial charge < -0.3 is 9.84 Å². The SMILES string of the molecule is OCc1cc2c(cc1Cl)OCCc1cscc1-2. The van der Waals surface area contributed by atoms with E-state index >= 15 is 0 Å². The Hall–Kier alpha value is -1.03. The molecular weight excluding hydrogens is 256 g/mol. The second kappa shape index (κ2) is 4.33. The van der Waals surface area contributed by atoms with Gasteiger partial charge in [0.1, 0.15) is 5.75 Å². The molecule has 17 heavy (non-hydrogen) atoms. The molecule has 0 saturated heterocycles. The Morgan fingerprint density at radius 1 is 1.29 bits per heavy atom. The zero-order chi connectivity index (χ0) is 11.8. The molecule has 1 aliphatic heterocycles. The molecule has 0 amide bonds. The van der Waals surface area contributed by atoms with E-state index < -0.39 is 0 Å². The highest BCUT2D eigenvalue weighted by Gasteiger charge is 2.18. The van der Waals surface area contributed by atoms with Crippen LogP contribution in [0, 0.1) is 0 Å². The minimum atomic E-state index is -0.0500. The fraction of sp³-hybridized carbons (Fsp3) is 0.231. The highest BCUT2D eigenvalue weighted by atomic mass is 35.5. The molecule has 0 bridgehead atoms. The lowest BCUT2D eigenvalue weighted by Gasteiger charge is -2.10. The highest BCUT2D eigenvalue weighted by Crippen LogP contribution is 2.40. The third kappa shape index (κ3) is 1.84. The van der Waals surface area contributed by atoms with Crippen molar-refractivity contribution in [2.24, 2.45) is 0 Å². The van der Waals surface area contributed by atoms with Gasteiger partial charge in [0.2, 0.25) is 0 Å². The van der Waals surface area contributed by atoms with Crippen molar-refractivity contribution in [2.45, 2.75) is 13.0 Å². The molecule has 2 nitrogen and oxygen atoms in total. The lowest BCUT2D eigenvalue weighted by Crippen LogP contribution is -1.98. The summed E-state index contributed by atoms with van der Waals surface area (Å²) in [6.45, 7) is 0.622. The molecule has 0 saturated carbocycles. The number of rotatable bonds is 1. The average Bonchev–Trinajstić information content (AvgIpc) is 2.72. The molecule has 2 aromatic rings. The summed E-state index contributed by atoms with van der Waals surface area (Å²) in [7, 11) is 0. The zero-order valence-corrected chi connectivity index (χ0v) is 10.6. The lowest BCUT2D eigenvalue weighted by molar-refractivity contribution is 0.281. The first-order valence-electron chi connectivity index (χ1n) is 5.41. The predicted octanol–water partition coefficient (Wildman–Crippen LogP) is 3.50. The number of hydrogen-bond acceptors (Lipinski definition) is 3. The molecular formula is C13H11ClO2S. The molecule has 88 valence electrons. The van der Waals surface area contributed by atoms with Crippen LogP contribution < -0.4 is 4.74 Å². The summed E-state index contributed by atoms with van der Waals surface area (Å²) in [5, 5.41) is 14.1. The molecule has 0 unspecified atom stereocenters.